The molecule has 4 heteroatoms. The lowest BCUT2D eigenvalue weighted by atomic mass is 10.2. The van der Waals surface area contributed by atoms with Crippen LogP contribution in [-0.4, -0.2) is 11.9 Å². The molecule has 0 bridgehead atoms. The molecule has 0 saturated carbocycles. The number of hydrogen-bond donors (Lipinski definition) is 1. The van der Waals surface area contributed by atoms with Crippen molar-refractivity contribution in [2.24, 2.45) is 5.73 Å². The maximum atomic E-state index is 5.57. The number of rotatable bonds is 5. The van der Waals surface area contributed by atoms with Crippen LogP contribution in [0.15, 0.2) is 28.0 Å². The topological polar surface area (TPSA) is 42.4 Å². The van der Waals surface area contributed by atoms with Crippen molar-refractivity contribution >= 4 is 11.3 Å². The van der Waals surface area contributed by atoms with E-state index in [9.17, 15) is 0 Å². The van der Waals surface area contributed by atoms with Gasteiger partial charge in [0, 0.05) is 23.5 Å². The van der Waals surface area contributed by atoms with Crippen LogP contribution in [-0.2, 0) is 19.6 Å². The lowest BCUT2D eigenvalue weighted by Crippen LogP contribution is -2.16. The summed E-state index contributed by atoms with van der Waals surface area (Å²) < 4.78 is 5.55. The van der Waals surface area contributed by atoms with E-state index >= 15 is 0 Å². The maximum Gasteiger partial charge on any atom is 0.118 e. The highest BCUT2D eigenvalue weighted by atomic mass is 32.1. The van der Waals surface area contributed by atoms with Crippen LogP contribution >= 0.6 is 11.3 Å². The third-order valence-electron chi connectivity index (χ3n) is 2.72. The van der Waals surface area contributed by atoms with Crippen molar-refractivity contribution in [3.8, 4) is 0 Å². The molecule has 17 heavy (non-hydrogen) atoms. The fourth-order valence-corrected chi connectivity index (χ4v) is 2.64. The Morgan fingerprint density at radius 2 is 2.24 bits per heavy atom. The minimum absolute atomic E-state index is 0.468. The van der Waals surface area contributed by atoms with Gasteiger partial charge >= 0.3 is 0 Å². The molecular formula is C13H18N2OS. The van der Waals surface area contributed by atoms with Gasteiger partial charge in [0.1, 0.15) is 11.5 Å². The molecule has 0 amide bonds. The molecule has 2 heterocycles. The third kappa shape index (κ3) is 3.19. The summed E-state index contributed by atoms with van der Waals surface area (Å²) in [4.78, 5) is 3.66. The van der Waals surface area contributed by atoms with Crippen LogP contribution in [0.1, 0.15) is 22.0 Å². The predicted molar refractivity (Wildman–Crippen MR) is 70.8 cm³/mol. The first-order valence-electron chi connectivity index (χ1n) is 5.68. The molecule has 0 unspecified atom stereocenters. The van der Waals surface area contributed by atoms with Gasteiger partial charge in [-0.2, -0.15) is 0 Å². The van der Waals surface area contributed by atoms with Gasteiger partial charge in [0.25, 0.3) is 0 Å². The molecule has 0 saturated heterocycles. The van der Waals surface area contributed by atoms with Crippen LogP contribution in [0.25, 0.3) is 0 Å². The smallest absolute Gasteiger partial charge is 0.118 e. The lowest BCUT2D eigenvalue weighted by Gasteiger charge is -2.14. The van der Waals surface area contributed by atoms with Crippen molar-refractivity contribution < 1.29 is 4.42 Å². The van der Waals surface area contributed by atoms with Crippen molar-refractivity contribution in [3.05, 3.63) is 45.5 Å². The molecule has 0 aliphatic carbocycles. The Labute approximate surface area is 106 Å². The number of nitrogens with zero attached hydrogens (tertiary/aromatic N) is 1. The highest BCUT2D eigenvalue weighted by molar-refractivity contribution is 7.09. The van der Waals surface area contributed by atoms with Crippen LogP contribution in [0.3, 0.4) is 0 Å². The van der Waals surface area contributed by atoms with E-state index in [1.165, 1.54) is 10.4 Å². The van der Waals surface area contributed by atoms with Gasteiger partial charge in [-0.15, -0.1) is 11.3 Å². The average molecular weight is 250 g/mol. The summed E-state index contributed by atoms with van der Waals surface area (Å²) in [6, 6.07) is 6.30. The van der Waals surface area contributed by atoms with E-state index < -0.39 is 0 Å². The first kappa shape index (κ1) is 12.4. The highest BCUT2D eigenvalue weighted by Crippen LogP contribution is 2.18. The fraction of sp³-hybridized carbons (Fsp3) is 0.385. The molecule has 2 rings (SSSR count). The van der Waals surface area contributed by atoms with Gasteiger partial charge in [0.2, 0.25) is 0 Å². The predicted octanol–water partition coefficient (Wildman–Crippen LogP) is 2.74. The van der Waals surface area contributed by atoms with Crippen LogP contribution < -0.4 is 5.73 Å². The third-order valence-corrected chi connectivity index (χ3v) is 3.58. The monoisotopic (exact) mass is 250 g/mol. The number of hydrogen-bond acceptors (Lipinski definition) is 4. The summed E-state index contributed by atoms with van der Waals surface area (Å²) in [5.74, 6) is 1.84. The van der Waals surface area contributed by atoms with E-state index in [1.54, 1.807) is 11.3 Å². The van der Waals surface area contributed by atoms with Crippen LogP contribution in [0.5, 0.6) is 0 Å². The largest absolute Gasteiger partial charge is 0.465 e. The minimum atomic E-state index is 0.468. The molecule has 2 aromatic rings. The average Bonchev–Trinajstić information content (AvgIpc) is 2.89. The van der Waals surface area contributed by atoms with E-state index in [0.29, 0.717) is 6.54 Å². The van der Waals surface area contributed by atoms with Crippen molar-refractivity contribution in [1.82, 2.24) is 4.90 Å². The maximum absolute atomic E-state index is 5.57. The molecule has 0 aliphatic rings. The molecule has 3 nitrogen and oxygen atoms in total. The standard InChI is InChI=1S/C13H18N2OS/c1-10-11(6-12(7-14)16-10)8-15(2)9-13-4-3-5-17-13/h3-6H,7-9,14H2,1-2H3. The molecule has 0 atom stereocenters. The summed E-state index contributed by atoms with van der Waals surface area (Å²) in [6.45, 7) is 4.33. The number of furan rings is 1. The Kier molecular flexibility index (Phi) is 3.99. The summed E-state index contributed by atoms with van der Waals surface area (Å²) in [5, 5.41) is 2.11. The number of nitrogens with two attached hydrogens (primary N) is 1. The second kappa shape index (κ2) is 5.49. The quantitative estimate of drug-likeness (QED) is 0.887. The lowest BCUT2D eigenvalue weighted by molar-refractivity contribution is 0.319. The van der Waals surface area contributed by atoms with E-state index in [2.05, 4.69) is 35.5 Å². The minimum Gasteiger partial charge on any atom is -0.465 e. The first-order valence-corrected chi connectivity index (χ1v) is 6.56. The van der Waals surface area contributed by atoms with E-state index in [-0.39, 0.29) is 0 Å². The van der Waals surface area contributed by atoms with Crippen molar-refractivity contribution in [2.75, 3.05) is 7.05 Å². The summed E-state index contributed by atoms with van der Waals surface area (Å²) in [6.07, 6.45) is 0. The van der Waals surface area contributed by atoms with Gasteiger partial charge in [0.05, 0.1) is 6.54 Å². The van der Waals surface area contributed by atoms with Gasteiger partial charge in [-0.05, 0) is 31.5 Å². The van der Waals surface area contributed by atoms with E-state index in [4.69, 9.17) is 10.2 Å². The zero-order valence-corrected chi connectivity index (χ0v) is 11.1. The van der Waals surface area contributed by atoms with E-state index in [0.717, 1.165) is 24.6 Å². The van der Waals surface area contributed by atoms with Gasteiger partial charge < -0.3 is 10.2 Å². The summed E-state index contributed by atoms with van der Waals surface area (Å²) in [7, 11) is 2.12. The van der Waals surface area contributed by atoms with Crippen molar-refractivity contribution in [2.45, 2.75) is 26.6 Å². The summed E-state index contributed by atoms with van der Waals surface area (Å²) in [5.41, 5.74) is 6.79. The fourth-order valence-electron chi connectivity index (χ4n) is 1.86. The Balaban J connectivity index is 1.97. The normalized spacial score (nSPS) is 11.3. The van der Waals surface area contributed by atoms with E-state index in [1.807, 2.05) is 6.92 Å². The molecule has 0 aromatic carbocycles. The Hall–Kier alpha value is -1.10. The van der Waals surface area contributed by atoms with Crippen LogP contribution in [0.2, 0.25) is 0 Å². The molecule has 0 spiro atoms. The molecule has 2 N–H and O–H groups in total. The number of thiophene rings is 1. The Bertz CT molecular complexity index is 462. The van der Waals surface area contributed by atoms with Gasteiger partial charge in [-0.3, -0.25) is 4.90 Å². The molecule has 2 aromatic heterocycles. The Morgan fingerprint density at radius 3 is 2.82 bits per heavy atom. The molecule has 92 valence electrons. The molecule has 0 fully saturated rings. The zero-order chi connectivity index (χ0) is 12.3. The SMILES string of the molecule is Cc1oc(CN)cc1CN(C)Cc1cccs1. The zero-order valence-electron chi connectivity index (χ0n) is 10.3. The van der Waals surface area contributed by atoms with Crippen LogP contribution in [0, 0.1) is 6.92 Å². The van der Waals surface area contributed by atoms with Crippen molar-refractivity contribution in [3.63, 3.8) is 0 Å². The molecule has 0 radical (unpaired) electrons. The second-order valence-electron chi connectivity index (χ2n) is 4.25. The van der Waals surface area contributed by atoms with Gasteiger partial charge in [0.15, 0.2) is 0 Å². The Morgan fingerprint density at radius 1 is 1.41 bits per heavy atom. The molecule has 0 aliphatic heterocycles. The molecular weight excluding hydrogens is 232 g/mol. The van der Waals surface area contributed by atoms with Crippen LogP contribution in [0.4, 0.5) is 0 Å². The first-order chi connectivity index (χ1) is 8.19. The number of aryl methyl sites for hydroxylation is 1. The van der Waals surface area contributed by atoms with Gasteiger partial charge in [-0.1, -0.05) is 6.07 Å². The summed E-state index contributed by atoms with van der Waals surface area (Å²) >= 11 is 1.79. The van der Waals surface area contributed by atoms with Gasteiger partial charge in [-0.25, -0.2) is 0 Å². The van der Waals surface area contributed by atoms with Crippen molar-refractivity contribution in [1.29, 1.82) is 0 Å². The highest BCUT2D eigenvalue weighted by Gasteiger charge is 2.09. The second-order valence-corrected chi connectivity index (χ2v) is 5.28.